The highest BCUT2D eigenvalue weighted by Crippen LogP contribution is 2.48. The average Bonchev–Trinajstić information content (AvgIpc) is 2.80. The lowest BCUT2D eigenvalue weighted by Crippen LogP contribution is -2.15. The molecule has 1 aliphatic heterocycles. The number of nitrogens with zero attached hydrogens (tertiary/aromatic N) is 1. The van der Waals surface area contributed by atoms with Gasteiger partial charge in [0, 0.05) is 11.1 Å². The van der Waals surface area contributed by atoms with E-state index in [9.17, 15) is 5.11 Å². The molecule has 2 heterocycles. The Hall–Kier alpha value is -2.08. The van der Waals surface area contributed by atoms with Crippen molar-refractivity contribution < 1.29 is 14.6 Å². The molecule has 0 spiro atoms. The molecular weight excluding hydrogens is 258 g/mol. The van der Waals surface area contributed by atoms with Crippen molar-refractivity contribution in [3.8, 4) is 28.4 Å². The minimum Gasteiger partial charge on any atom is -0.506 e. The largest absolute Gasteiger partial charge is 0.506 e. The van der Waals surface area contributed by atoms with Crippen molar-refractivity contribution in [2.75, 3.05) is 18.9 Å². The van der Waals surface area contributed by atoms with Crippen LogP contribution >= 0.6 is 11.6 Å². The Bertz CT molecular complexity index is 612. The van der Waals surface area contributed by atoms with Crippen LogP contribution in [0.1, 0.15) is 0 Å². The van der Waals surface area contributed by atoms with Crippen LogP contribution in [0, 0.1) is 0 Å². The number of H-pyrrole nitrogens is 1. The van der Waals surface area contributed by atoms with Gasteiger partial charge in [-0.2, -0.15) is 5.10 Å². The van der Waals surface area contributed by atoms with Crippen molar-refractivity contribution in [2.24, 2.45) is 0 Å². The fraction of sp³-hybridized carbons (Fsp3) is 0.182. The molecule has 6 nitrogen and oxygen atoms in total. The number of halogens is 1. The Kier molecular flexibility index (Phi) is 2.45. The van der Waals surface area contributed by atoms with Crippen LogP contribution in [0.15, 0.2) is 12.3 Å². The van der Waals surface area contributed by atoms with Gasteiger partial charge in [0.15, 0.2) is 11.5 Å². The Morgan fingerprint density at radius 1 is 1.33 bits per heavy atom. The number of hydrogen-bond acceptors (Lipinski definition) is 5. The number of rotatable bonds is 1. The molecule has 0 atom stereocenters. The zero-order valence-electron chi connectivity index (χ0n) is 9.24. The fourth-order valence-corrected chi connectivity index (χ4v) is 2.10. The first kappa shape index (κ1) is 11.0. The van der Waals surface area contributed by atoms with E-state index in [1.807, 2.05) is 0 Å². The van der Waals surface area contributed by atoms with Gasteiger partial charge in [0.05, 0.1) is 6.20 Å². The predicted molar refractivity (Wildman–Crippen MR) is 66.1 cm³/mol. The first-order chi connectivity index (χ1) is 8.68. The zero-order chi connectivity index (χ0) is 12.7. The molecule has 1 aromatic heterocycles. The van der Waals surface area contributed by atoms with Crippen LogP contribution in [0.25, 0.3) is 11.1 Å². The van der Waals surface area contributed by atoms with Gasteiger partial charge in [-0.05, 0) is 6.07 Å². The highest BCUT2D eigenvalue weighted by atomic mass is 35.5. The van der Waals surface area contributed by atoms with Gasteiger partial charge < -0.3 is 20.3 Å². The molecule has 18 heavy (non-hydrogen) atoms. The van der Waals surface area contributed by atoms with Gasteiger partial charge in [0.2, 0.25) is 0 Å². The van der Waals surface area contributed by atoms with Crippen LogP contribution in [0.4, 0.5) is 5.82 Å². The molecule has 0 amide bonds. The third-order valence-corrected chi connectivity index (χ3v) is 3.06. The van der Waals surface area contributed by atoms with E-state index in [4.69, 9.17) is 26.8 Å². The van der Waals surface area contributed by atoms with E-state index in [1.165, 1.54) is 6.20 Å². The summed E-state index contributed by atoms with van der Waals surface area (Å²) in [6.45, 7) is 0.841. The number of phenols is 1. The molecule has 0 aliphatic carbocycles. The number of phenolic OH excluding ortho intramolecular Hbond substituents is 1. The van der Waals surface area contributed by atoms with Crippen LogP contribution < -0.4 is 15.2 Å². The monoisotopic (exact) mass is 267 g/mol. The maximum atomic E-state index is 10.1. The Balaban J connectivity index is 2.22. The maximum Gasteiger partial charge on any atom is 0.183 e. The van der Waals surface area contributed by atoms with E-state index < -0.39 is 0 Å². The second-order valence-electron chi connectivity index (χ2n) is 3.81. The second kappa shape index (κ2) is 3.99. The molecule has 1 aromatic carbocycles. The molecule has 0 saturated heterocycles. The number of aromatic amines is 1. The molecule has 94 valence electrons. The summed E-state index contributed by atoms with van der Waals surface area (Å²) in [4.78, 5) is 0. The standard InChI is InChI=1S/C11H10ClN3O3/c12-8-9(16)5(6-4-14-15-11(6)13)3-7-10(8)18-2-1-17-7/h3-4,16H,1-2H2,(H3,13,14,15). The smallest absolute Gasteiger partial charge is 0.183 e. The first-order valence-corrected chi connectivity index (χ1v) is 5.66. The summed E-state index contributed by atoms with van der Waals surface area (Å²) in [6.07, 6.45) is 1.51. The summed E-state index contributed by atoms with van der Waals surface area (Å²) in [5, 5.41) is 16.6. The zero-order valence-corrected chi connectivity index (χ0v) is 9.99. The van der Waals surface area contributed by atoms with E-state index in [0.717, 1.165) is 0 Å². The highest BCUT2D eigenvalue weighted by molar-refractivity contribution is 6.34. The Labute approximate surface area is 107 Å². The van der Waals surface area contributed by atoms with Crippen LogP contribution in [-0.4, -0.2) is 28.5 Å². The van der Waals surface area contributed by atoms with Crippen LogP contribution in [0.3, 0.4) is 0 Å². The number of hydrogen-bond donors (Lipinski definition) is 3. The lowest BCUT2D eigenvalue weighted by molar-refractivity contribution is 0.171. The molecule has 4 N–H and O–H groups in total. The van der Waals surface area contributed by atoms with Gasteiger partial charge in [-0.1, -0.05) is 11.6 Å². The lowest BCUT2D eigenvalue weighted by Gasteiger charge is -2.21. The van der Waals surface area contributed by atoms with E-state index in [2.05, 4.69) is 10.2 Å². The summed E-state index contributed by atoms with van der Waals surface area (Å²) < 4.78 is 10.8. The number of nitrogens with one attached hydrogen (secondary N) is 1. The topological polar surface area (TPSA) is 93.4 Å². The van der Waals surface area contributed by atoms with Gasteiger partial charge in [-0.15, -0.1) is 0 Å². The number of anilines is 1. The third kappa shape index (κ3) is 1.53. The number of aromatic hydroxyl groups is 1. The SMILES string of the molecule is Nc1[nH]ncc1-c1cc2c(c(Cl)c1O)OCCO2. The van der Waals surface area contributed by atoms with Crippen molar-refractivity contribution in [3.63, 3.8) is 0 Å². The van der Waals surface area contributed by atoms with Crippen molar-refractivity contribution in [3.05, 3.63) is 17.3 Å². The molecule has 1 aliphatic rings. The van der Waals surface area contributed by atoms with Crippen molar-refractivity contribution in [1.82, 2.24) is 10.2 Å². The molecule has 3 rings (SSSR count). The van der Waals surface area contributed by atoms with Gasteiger partial charge in [-0.25, -0.2) is 0 Å². The summed E-state index contributed by atoms with van der Waals surface area (Å²) in [6, 6.07) is 1.64. The number of nitrogen functional groups attached to an aromatic ring is 1. The summed E-state index contributed by atoms with van der Waals surface area (Å²) in [5.74, 6) is 1.08. The molecule has 0 fully saturated rings. The summed E-state index contributed by atoms with van der Waals surface area (Å²) >= 11 is 6.06. The van der Waals surface area contributed by atoms with Crippen LogP contribution in [0.5, 0.6) is 17.2 Å². The van der Waals surface area contributed by atoms with Gasteiger partial charge in [-0.3, -0.25) is 5.10 Å². The molecule has 0 bridgehead atoms. The van der Waals surface area contributed by atoms with Crippen LogP contribution in [0.2, 0.25) is 5.02 Å². The predicted octanol–water partition coefficient (Wildman–Crippen LogP) is 1.79. The van der Waals surface area contributed by atoms with E-state index in [0.29, 0.717) is 41.7 Å². The number of nitrogens with two attached hydrogens (primary N) is 1. The second-order valence-corrected chi connectivity index (χ2v) is 4.19. The fourth-order valence-electron chi connectivity index (χ4n) is 1.85. The van der Waals surface area contributed by atoms with Crippen LogP contribution in [-0.2, 0) is 0 Å². The van der Waals surface area contributed by atoms with Gasteiger partial charge in [0.25, 0.3) is 0 Å². The first-order valence-electron chi connectivity index (χ1n) is 5.28. The van der Waals surface area contributed by atoms with Crippen molar-refractivity contribution in [2.45, 2.75) is 0 Å². The maximum absolute atomic E-state index is 10.1. The third-order valence-electron chi connectivity index (χ3n) is 2.71. The van der Waals surface area contributed by atoms with Gasteiger partial charge in [0.1, 0.15) is 29.8 Å². The highest BCUT2D eigenvalue weighted by Gasteiger charge is 2.23. The quantitative estimate of drug-likeness (QED) is 0.732. The summed E-state index contributed by atoms with van der Waals surface area (Å²) in [7, 11) is 0. The minimum absolute atomic E-state index is 0.103. The van der Waals surface area contributed by atoms with E-state index in [-0.39, 0.29) is 10.8 Å². The molecule has 7 heteroatoms. The number of fused-ring (bicyclic) bond motifs is 1. The molecule has 0 radical (unpaired) electrons. The number of benzene rings is 1. The Morgan fingerprint density at radius 3 is 2.83 bits per heavy atom. The van der Waals surface area contributed by atoms with Crippen molar-refractivity contribution in [1.29, 1.82) is 0 Å². The van der Waals surface area contributed by atoms with E-state index in [1.54, 1.807) is 6.07 Å². The number of ether oxygens (including phenoxy) is 2. The lowest BCUT2D eigenvalue weighted by atomic mass is 10.1. The van der Waals surface area contributed by atoms with Crippen molar-refractivity contribution >= 4 is 17.4 Å². The molecule has 0 unspecified atom stereocenters. The minimum atomic E-state index is -0.103. The summed E-state index contributed by atoms with van der Waals surface area (Å²) in [5.41, 5.74) is 6.74. The Morgan fingerprint density at radius 2 is 2.11 bits per heavy atom. The molecule has 2 aromatic rings. The molecule has 0 saturated carbocycles. The van der Waals surface area contributed by atoms with Gasteiger partial charge >= 0.3 is 0 Å². The normalized spacial score (nSPS) is 13.6. The van der Waals surface area contributed by atoms with E-state index >= 15 is 0 Å². The average molecular weight is 268 g/mol. The number of aromatic nitrogens is 2. The molecular formula is C11H10ClN3O3.